The van der Waals surface area contributed by atoms with Gasteiger partial charge in [-0.3, -0.25) is 9.97 Å². The number of benzene rings is 1. The molecule has 1 heterocycles. The second kappa shape index (κ2) is 8.53. The Labute approximate surface area is 161 Å². The van der Waals surface area contributed by atoms with Crippen LogP contribution in [0.15, 0.2) is 36.7 Å². The van der Waals surface area contributed by atoms with Crippen molar-refractivity contribution in [2.45, 2.75) is 62.7 Å². The summed E-state index contributed by atoms with van der Waals surface area (Å²) in [7, 11) is 0. The van der Waals surface area contributed by atoms with E-state index in [0.717, 1.165) is 42.3 Å². The van der Waals surface area contributed by atoms with Gasteiger partial charge in [0.25, 0.3) is 0 Å². The molecule has 0 saturated heterocycles. The lowest BCUT2D eigenvalue weighted by Crippen LogP contribution is -2.13. The second-order valence-corrected chi connectivity index (χ2v) is 8.89. The molecule has 0 aliphatic heterocycles. The molecule has 3 nitrogen and oxygen atoms in total. The monoisotopic (exact) mass is 367 g/mol. The summed E-state index contributed by atoms with van der Waals surface area (Å²) in [6.45, 7) is 0. The van der Waals surface area contributed by atoms with Crippen molar-refractivity contribution in [1.29, 1.82) is 0 Å². The Morgan fingerprint density at radius 3 is 2.69 bits per heavy atom. The smallest absolute Gasteiger partial charge is 0.0685 e. The Bertz CT molecular complexity index is 712. The minimum absolute atomic E-state index is 0.137. The van der Waals surface area contributed by atoms with Crippen molar-refractivity contribution >= 4 is 11.8 Å². The molecular formula is C22H29N3S. The first-order valence-electron chi connectivity index (χ1n) is 10.0. The van der Waals surface area contributed by atoms with Gasteiger partial charge in [0.2, 0.25) is 0 Å². The first-order chi connectivity index (χ1) is 12.8. The molecule has 1 saturated carbocycles. The Morgan fingerprint density at radius 1 is 1.00 bits per heavy atom. The molecule has 0 bridgehead atoms. The molecule has 2 aliphatic rings. The molecule has 2 aromatic rings. The highest BCUT2D eigenvalue weighted by Gasteiger charge is 2.21. The number of aryl methyl sites for hydroxylation is 1. The van der Waals surface area contributed by atoms with E-state index in [-0.39, 0.29) is 6.04 Å². The Kier molecular flexibility index (Phi) is 5.91. The van der Waals surface area contributed by atoms with Crippen LogP contribution in [-0.2, 0) is 12.2 Å². The molecule has 4 rings (SSSR count). The van der Waals surface area contributed by atoms with Gasteiger partial charge >= 0.3 is 0 Å². The van der Waals surface area contributed by atoms with Crippen molar-refractivity contribution in [1.82, 2.24) is 9.97 Å². The average molecular weight is 368 g/mol. The second-order valence-electron chi connectivity index (χ2n) is 7.86. The minimum atomic E-state index is 0.137. The van der Waals surface area contributed by atoms with Crippen LogP contribution in [0, 0.1) is 5.92 Å². The Morgan fingerprint density at radius 2 is 1.88 bits per heavy atom. The van der Waals surface area contributed by atoms with Gasteiger partial charge in [-0.1, -0.05) is 24.3 Å². The van der Waals surface area contributed by atoms with Crippen LogP contribution in [0.5, 0.6) is 0 Å². The lowest BCUT2D eigenvalue weighted by atomic mass is 9.92. The summed E-state index contributed by atoms with van der Waals surface area (Å²) in [6.07, 6.45) is 12.5. The lowest BCUT2D eigenvalue weighted by Gasteiger charge is -2.17. The largest absolute Gasteiger partial charge is 0.324 e. The number of rotatable bonds is 5. The number of thioether (sulfide) groups is 1. The van der Waals surface area contributed by atoms with Gasteiger partial charge in [-0.15, -0.1) is 0 Å². The predicted molar refractivity (Wildman–Crippen MR) is 109 cm³/mol. The number of nitrogens with two attached hydrogens (primary N) is 1. The van der Waals surface area contributed by atoms with Gasteiger partial charge in [-0.25, -0.2) is 0 Å². The van der Waals surface area contributed by atoms with Crippen molar-refractivity contribution < 1.29 is 0 Å². The third-order valence-electron chi connectivity index (χ3n) is 5.72. The number of hydrogen-bond donors (Lipinski definition) is 1. The number of fused-ring (bicyclic) bond motifs is 1. The molecule has 4 heteroatoms. The summed E-state index contributed by atoms with van der Waals surface area (Å²) in [5.74, 6) is 3.73. The van der Waals surface area contributed by atoms with E-state index in [1.165, 1.54) is 42.6 Å². The van der Waals surface area contributed by atoms with Gasteiger partial charge in [0.15, 0.2) is 0 Å². The molecular weight excluding hydrogens is 338 g/mol. The van der Waals surface area contributed by atoms with E-state index in [1.807, 2.05) is 24.2 Å². The van der Waals surface area contributed by atoms with E-state index in [1.54, 1.807) is 0 Å². The van der Waals surface area contributed by atoms with Crippen LogP contribution in [0.3, 0.4) is 0 Å². The quantitative estimate of drug-likeness (QED) is 0.806. The summed E-state index contributed by atoms with van der Waals surface area (Å²) in [5, 5.41) is 0. The maximum atomic E-state index is 6.50. The Hall–Kier alpha value is -1.39. The molecule has 1 unspecified atom stereocenters. The SMILES string of the molecule is NC1CC[C@@H](c2cnc(CSCC3CC3)cn2)CCCc2ccccc21. The van der Waals surface area contributed by atoms with Crippen molar-refractivity contribution in [3.8, 4) is 0 Å². The topological polar surface area (TPSA) is 51.8 Å². The van der Waals surface area contributed by atoms with Gasteiger partial charge in [-0.05, 0) is 67.7 Å². The molecule has 0 amide bonds. The fraction of sp³-hybridized carbons (Fsp3) is 0.545. The van der Waals surface area contributed by atoms with Crippen molar-refractivity contribution in [3.05, 3.63) is 59.2 Å². The molecule has 2 atom stereocenters. The van der Waals surface area contributed by atoms with E-state index in [4.69, 9.17) is 15.7 Å². The molecule has 1 aromatic heterocycles. The zero-order valence-electron chi connectivity index (χ0n) is 15.4. The third-order valence-corrected chi connectivity index (χ3v) is 6.93. The van der Waals surface area contributed by atoms with Crippen LogP contribution in [0.2, 0.25) is 0 Å². The van der Waals surface area contributed by atoms with Crippen LogP contribution in [-0.4, -0.2) is 15.7 Å². The van der Waals surface area contributed by atoms with Gasteiger partial charge in [0.05, 0.1) is 11.4 Å². The number of aromatic nitrogens is 2. The van der Waals surface area contributed by atoms with Crippen LogP contribution < -0.4 is 5.73 Å². The van der Waals surface area contributed by atoms with Crippen LogP contribution >= 0.6 is 11.8 Å². The highest BCUT2D eigenvalue weighted by Crippen LogP contribution is 2.34. The maximum Gasteiger partial charge on any atom is 0.0685 e. The summed E-state index contributed by atoms with van der Waals surface area (Å²) in [5.41, 5.74) is 11.5. The van der Waals surface area contributed by atoms with Gasteiger partial charge in [0, 0.05) is 30.1 Å². The van der Waals surface area contributed by atoms with Crippen LogP contribution in [0.4, 0.5) is 0 Å². The fourth-order valence-electron chi connectivity index (χ4n) is 3.90. The van der Waals surface area contributed by atoms with Gasteiger partial charge < -0.3 is 5.73 Å². The summed E-state index contributed by atoms with van der Waals surface area (Å²) in [6, 6.07) is 8.82. The molecule has 0 spiro atoms. The van der Waals surface area contributed by atoms with Gasteiger partial charge in [-0.2, -0.15) is 11.8 Å². The molecule has 2 N–H and O–H groups in total. The number of nitrogens with zero attached hydrogens (tertiary/aromatic N) is 2. The predicted octanol–water partition coefficient (Wildman–Crippen LogP) is 5.02. The van der Waals surface area contributed by atoms with Crippen molar-refractivity contribution in [3.63, 3.8) is 0 Å². The fourth-order valence-corrected chi connectivity index (χ4v) is 5.05. The van der Waals surface area contributed by atoms with Crippen LogP contribution in [0.25, 0.3) is 0 Å². The minimum Gasteiger partial charge on any atom is -0.324 e. The first-order valence-corrected chi connectivity index (χ1v) is 11.2. The Balaban J connectivity index is 1.38. The summed E-state index contributed by atoms with van der Waals surface area (Å²) in [4.78, 5) is 9.47. The van der Waals surface area contributed by atoms with Crippen LogP contribution in [0.1, 0.15) is 73.0 Å². The van der Waals surface area contributed by atoms with E-state index in [9.17, 15) is 0 Å². The average Bonchev–Trinajstić information content (AvgIpc) is 3.48. The zero-order valence-corrected chi connectivity index (χ0v) is 16.3. The third kappa shape index (κ3) is 4.66. The van der Waals surface area contributed by atoms with E-state index in [2.05, 4.69) is 24.3 Å². The molecule has 0 radical (unpaired) electrons. The summed E-state index contributed by atoms with van der Waals surface area (Å²) < 4.78 is 0. The molecule has 1 fully saturated rings. The normalized spacial score (nSPS) is 23.6. The molecule has 26 heavy (non-hydrogen) atoms. The lowest BCUT2D eigenvalue weighted by molar-refractivity contribution is 0.500. The molecule has 1 aromatic carbocycles. The van der Waals surface area contributed by atoms with Crippen molar-refractivity contribution in [2.75, 3.05) is 5.75 Å². The zero-order chi connectivity index (χ0) is 17.8. The van der Waals surface area contributed by atoms with E-state index < -0.39 is 0 Å². The highest BCUT2D eigenvalue weighted by atomic mass is 32.2. The van der Waals surface area contributed by atoms with Gasteiger partial charge in [0.1, 0.15) is 0 Å². The van der Waals surface area contributed by atoms with E-state index in [0.29, 0.717) is 5.92 Å². The van der Waals surface area contributed by atoms with Crippen molar-refractivity contribution in [2.24, 2.45) is 11.7 Å². The number of hydrogen-bond acceptors (Lipinski definition) is 4. The maximum absolute atomic E-state index is 6.50. The van der Waals surface area contributed by atoms with E-state index >= 15 is 0 Å². The first kappa shape index (κ1) is 18.0. The summed E-state index contributed by atoms with van der Waals surface area (Å²) >= 11 is 2.00. The standard InChI is InChI=1S/C22H29N3S/c23-21-11-10-18(6-3-5-17-4-1-2-7-20(17)21)22-13-24-19(12-25-22)15-26-14-16-8-9-16/h1-2,4,7,12-13,16,18,21H,3,5-6,8-11,14-15,23H2/t18-,21?/m0/s1. The molecule has 2 aliphatic carbocycles. The molecule has 138 valence electrons. The highest BCUT2D eigenvalue weighted by molar-refractivity contribution is 7.98.